The monoisotopic (exact) mass is 782 g/mol. The molecule has 0 saturated heterocycles. The molecule has 0 atom stereocenters. The lowest BCUT2D eigenvalue weighted by Crippen LogP contribution is -2.09. The van der Waals surface area contributed by atoms with E-state index in [1.807, 2.05) is 12.4 Å². The smallest absolute Gasteiger partial charge is 0.0483 e. The number of aryl methyl sites for hydroxylation is 3. The number of anilines is 1. The summed E-state index contributed by atoms with van der Waals surface area (Å²) in [6.07, 6.45) is 9.53. The molecular formula is C55H79N3. The van der Waals surface area contributed by atoms with Crippen LogP contribution in [0.5, 0.6) is 0 Å². The van der Waals surface area contributed by atoms with Crippen LogP contribution in [0.4, 0.5) is 5.69 Å². The zero-order chi connectivity index (χ0) is 42.3. The molecule has 3 heteroatoms. The molecular weight excluding hydrogens is 703 g/mol. The molecule has 0 bridgehead atoms. The van der Waals surface area contributed by atoms with Gasteiger partial charge < -0.3 is 15.3 Å². The Morgan fingerprint density at radius 3 is 1.53 bits per heavy atom. The lowest BCUT2D eigenvalue weighted by atomic mass is 9.87. The van der Waals surface area contributed by atoms with E-state index in [0.717, 1.165) is 37.8 Å². The minimum atomic E-state index is 0. The summed E-state index contributed by atoms with van der Waals surface area (Å²) in [5, 5.41) is 5.97. The Balaban J connectivity index is 0.000000206. The number of fused-ring (bicyclic) bond motifs is 3. The van der Waals surface area contributed by atoms with Crippen molar-refractivity contribution in [3.63, 3.8) is 0 Å². The van der Waals surface area contributed by atoms with Crippen molar-refractivity contribution in [2.75, 3.05) is 5.32 Å². The van der Waals surface area contributed by atoms with Crippen LogP contribution in [-0.2, 0) is 32.1 Å². The highest BCUT2D eigenvalue weighted by Gasteiger charge is 2.17. The summed E-state index contributed by atoms with van der Waals surface area (Å²) in [5.74, 6) is 0. The van der Waals surface area contributed by atoms with E-state index in [4.69, 9.17) is 0 Å². The van der Waals surface area contributed by atoms with Gasteiger partial charge in [0.25, 0.3) is 0 Å². The van der Waals surface area contributed by atoms with Gasteiger partial charge in [-0.3, -0.25) is 0 Å². The standard InChI is InChI=1S/2C14H19N.C13H17N.C13H20.CH4/c1-10-7-11(9-14(2,3)4)8-12-5-6-15-13(10)12;1-10-7-12-6-5-11(8-13(12)15-10)9-14(2,3)4;1-13(2,3)9-10-4-5-12-11(8-10)6-7-14-12;1-10-6-11(2)8-12(7-10)9-13(3,4)5;/h5-8,15H,9H2,1-4H3;5-6,8,15H,1,7,9H2,2-4H3;4-8,14H,9H2,1-3H3;6-8H,9H2,1-5H3;1H4. The maximum atomic E-state index is 3.96. The topological polar surface area (TPSA) is 43.6 Å². The van der Waals surface area contributed by atoms with Gasteiger partial charge in [-0.1, -0.05) is 151 Å². The first-order valence-corrected chi connectivity index (χ1v) is 21.1. The third kappa shape index (κ3) is 16.4. The number of nitrogens with one attached hydrogen (secondary N) is 3. The Morgan fingerprint density at radius 1 is 0.500 bits per heavy atom. The van der Waals surface area contributed by atoms with E-state index >= 15 is 0 Å². The molecule has 0 aliphatic carbocycles. The van der Waals surface area contributed by atoms with Crippen LogP contribution < -0.4 is 5.32 Å². The molecule has 0 saturated carbocycles. The molecule has 3 heterocycles. The Hall–Kier alpha value is -4.50. The predicted octanol–water partition coefficient (Wildman–Crippen LogP) is 16.1. The normalized spacial score (nSPS) is 12.6. The van der Waals surface area contributed by atoms with Crippen molar-refractivity contribution in [1.29, 1.82) is 0 Å². The van der Waals surface area contributed by atoms with E-state index in [2.05, 4.69) is 205 Å². The molecule has 0 fully saturated rings. The van der Waals surface area contributed by atoms with Crippen LogP contribution in [0.3, 0.4) is 0 Å². The first kappa shape index (κ1) is 47.9. The molecule has 4 aromatic carbocycles. The quantitative estimate of drug-likeness (QED) is 0.164. The van der Waals surface area contributed by atoms with Gasteiger partial charge in [0.15, 0.2) is 0 Å². The van der Waals surface area contributed by atoms with E-state index in [-0.39, 0.29) is 7.43 Å². The highest BCUT2D eigenvalue weighted by Crippen LogP contribution is 2.31. The summed E-state index contributed by atoms with van der Waals surface area (Å²) < 4.78 is 0. The number of hydrogen-bond donors (Lipinski definition) is 3. The maximum Gasteiger partial charge on any atom is 0.0483 e. The zero-order valence-corrected chi connectivity index (χ0v) is 38.4. The van der Waals surface area contributed by atoms with Crippen molar-refractivity contribution in [2.24, 2.45) is 21.7 Å². The van der Waals surface area contributed by atoms with Crippen LogP contribution in [0.1, 0.15) is 135 Å². The van der Waals surface area contributed by atoms with Crippen molar-refractivity contribution >= 4 is 27.5 Å². The fraction of sp³-hybridized carbons (Fsp3) is 0.455. The second-order valence-corrected chi connectivity index (χ2v) is 21.6. The van der Waals surface area contributed by atoms with E-state index < -0.39 is 0 Å². The van der Waals surface area contributed by atoms with Crippen LogP contribution in [-0.4, -0.2) is 9.97 Å². The molecule has 3 nitrogen and oxygen atoms in total. The maximum absolute atomic E-state index is 3.96. The van der Waals surface area contributed by atoms with Crippen LogP contribution in [0.25, 0.3) is 21.8 Å². The van der Waals surface area contributed by atoms with Gasteiger partial charge in [0.05, 0.1) is 0 Å². The Labute approximate surface area is 354 Å². The van der Waals surface area contributed by atoms with Crippen molar-refractivity contribution in [3.05, 3.63) is 148 Å². The predicted molar refractivity (Wildman–Crippen MR) is 260 cm³/mol. The number of allylic oxidation sites excluding steroid dienone is 1. The van der Waals surface area contributed by atoms with E-state index in [9.17, 15) is 0 Å². The number of aromatic amines is 2. The highest BCUT2D eigenvalue weighted by atomic mass is 14.9. The Kier molecular flexibility index (Phi) is 16.1. The van der Waals surface area contributed by atoms with Gasteiger partial charge in [0, 0.05) is 41.2 Å². The average molecular weight is 782 g/mol. The molecule has 1 aliphatic rings. The van der Waals surface area contributed by atoms with Crippen LogP contribution >= 0.6 is 0 Å². The summed E-state index contributed by atoms with van der Waals surface area (Å²) >= 11 is 0. The van der Waals surface area contributed by atoms with Gasteiger partial charge in [-0.2, -0.15) is 0 Å². The zero-order valence-electron chi connectivity index (χ0n) is 38.4. The van der Waals surface area contributed by atoms with Crippen molar-refractivity contribution < 1.29 is 0 Å². The number of benzene rings is 4. The van der Waals surface area contributed by atoms with Gasteiger partial charge in [0.1, 0.15) is 0 Å². The van der Waals surface area contributed by atoms with Crippen LogP contribution in [0.15, 0.2) is 104 Å². The fourth-order valence-corrected chi connectivity index (χ4v) is 7.84. The minimum absolute atomic E-state index is 0. The molecule has 1 aliphatic heterocycles. The molecule has 314 valence electrons. The van der Waals surface area contributed by atoms with Gasteiger partial charge in [-0.15, -0.1) is 0 Å². The molecule has 3 N–H and O–H groups in total. The van der Waals surface area contributed by atoms with E-state index in [1.54, 1.807) is 0 Å². The van der Waals surface area contributed by atoms with Crippen molar-refractivity contribution in [1.82, 2.24) is 9.97 Å². The van der Waals surface area contributed by atoms with Gasteiger partial charge in [0.2, 0.25) is 0 Å². The van der Waals surface area contributed by atoms with Gasteiger partial charge in [-0.05, 0) is 149 Å². The SMILES string of the molecule is C.C=C1Cc2ccc(CC(C)(C)C)cc2N1.CC(C)(C)Cc1ccc2[nH]ccc2c1.Cc1cc(C)cc(CC(C)(C)C)c1.Cc1cc(CC(C)(C)C)cc2cc[nH]c12. The molecule has 58 heavy (non-hydrogen) atoms. The summed E-state index contributed by atoms with van der Waals surface area (Å²) in [7, 11) is 0. The highest BCUT2D eigenvalue weighted by molar-refractivity contribution is 5.83. The lowest BCUT2D eigenvalue weighted by Gasteiger charge is -2.18. The van der Waals surface area contributed by atoms with E-state index in [0.29, 0.717) is 21.7 Å². The summed E-state index contributed by atoms with van der Waals surface area (Å²) in [6, 6.07) is 29.1. The molecule has 7 rings (SSSR count). The average Bonchev–Trinajstić information content (AvgIpc) is 3.77. The summed E-state index contributed by atoms with van der Waals surface area (Å²) in [4.78, 5) is 6.49. The fourth-order valence-electron chi connectivity index (χ4n) is 7.84. The van der Waals surface area contributed by atoms with Crippen LogP contribution in [0, 0.1) is 42.4 Å². The molecule has 0 radical (unpaired) electrons. The van der Waals surface area contributed by atoms with Crippen molar-refractivity contribution in [3.8, 4) is 0 Å². The lowest BCUT2D eigenvalue weighted by molar-refractivity contribution is 0.411. The first-order chi connectivity index (χ1) is 26.3. The first-order valence-electron chi connectivity index (χ1n) is 21.1. The Bertz CT molecular complexity index is 2210. The second-order valence-electron chi connectivity index (χ2n) is 21.6. The molecule has 0 amide bonds. The number of H-pyrrole nitrogens is 2. The minimum Gasteiger partial charge on any atom is -0.361 e. The third-order valence-electron chi connectivity index (χ3n) is 9.64. The molecule has 2 aromatic heterocycles. The van der Waals surface area contributed by atoms with Crippen molar-refractivity contribution in [2.45, 2.75) is 143 Å². The molecule has 6 aromatic rings. The molecule has 0 spiro atoms. The van der Waals surface area contributed by atoms with Crippen LogP contribution in [0.2, 0.25) is 0 Å². The molecule has 0 unspecified atom stereocenters. The third-order valence-corrected chi connectivity index (χ3v) is 9.64. The largest absolute Gasteiger partial charge is 0.361 e. The number of rotatable bonds is 4. The van der Waals surface area contributed by atoms with E-state index in [1.165, 1.54) is 72.0 Å². The number of aromatic nitrogens is 2. The summed E-state index contributed by atoms with van der Waals surface area (Å²) in [6.45, 7) is 37.8. The summed E-state index contributed by atoms with van der Waals surface area (Å²) in [5.41, 5.74) is 17.5. The Morgan fingerprint density at radius 2 is 0.966 bits per heavy atom. The van der Waals surface area contributed by atoms with Gasteiger partial charge >= 0.3 is 0 Å². The second kappa shape index (κ2) is 19.5. The van der Waals surface area contributed by atoms with Gasteiger partial charge in [-0.25, -0.2) is 0 Å². The number of hydrogen-bond acceptors (Lipinski definition) is 1.